The molecule has 2 unspecified atom stereocenters. The molecule has 1 N–H and O–H groups in total. The summed E-state index contributed by atoms with van der Waals surface area (Å²) in [4.78, 5) is 0. The van der Waals surface area contributed by atoms with Gasteiger partial charge in [-0.15, -0.1) is 0 Å². The number of hydrogen-bond donors (Lipinski definition) is 1. The minimum Gasteiger partial charge on any atom is -0.317 e. The molecule has 0 saturated heterocycles. The standard InChI is InChI=1S/C12H27N/c1-6-11(4)12(13-5)9-7-8-10(2)3/h10-13H,6-9H2,1-5H3. The smallest absolute Gasteiger partial charge is 0.00895 e. The molecule has 0 radical (unpaired) electrons. The summed E-state index contributed by atoms with van der Waals surface area (Å²) < 4.78 is 0. The van der Waals surface area contributed by atoms with Gasteiger partial charge in [-0.25, -0.2) is 0 Å². The molecule has 0 heterocycles. The highest BCUT2D eigenvalue weighted by Crippen LogP contribution is 2.15. The molecule has 2 atom stereocenters. The van der Waals surface area contributed by atoms with Crippen LogP contribution in [0.2, 0.25) is 0 Å². The molecule has 13 heavy (non-hydrogen) atoms. The van der Waals surface area contributed by atoms with E-state index in [1.165, 1.54) is 25.7 Å². The predicted octanol–water partition coefficient (Wildman–Crippen LogP) is 3.45. The molecule has 0 amide bonds. The van der Waals surface area contributed by atoms with Gasteiger partial charge in [-0.05, 0) is 25.3 Å². The van der Waals surface area contributed by atoms with Crippen molar-refractivity contribution in [3.05, 3.63) is 0 Å². The lowest BCUT2D eigenvalue weighted by molar-refractivity contribution is 0.350. The maximum atomic E-state index is 3.43. The summed E-state index contributed by atoms with van der Waals surface area (Å²) in [5, 5.41) is 3.43. The second-order valence-corrected chi connectivity index (χ2v) is 4.61. The summed E-state index contributed by atoms with van der Waals surface area (Å²) in [5.41, 5.74) is 0. The molecule has 0 aliphatic carbocycles. The minimum atomic E-state index is 0.726. The summed E-state index contributed by atoms with van der Waals surface area (Å²) in [6.45, 7) is 9.23. The molecule has 0 aliphatic rings. The number of hydrogen-bond acceptors (Lipinski definition) is 1. The largest absolute Gasteiger partial charge is 0.317 e. The van der Waals surface area contributed by atoms with Gasteiger partial charge in [0.2, 0.25) is 0 Å². The van der Waals surface area contributed by atoms with E-state index in [1.807, 2.05) is 0 Å². The molecule has 1 nitrogen and oxygen atoms in total. The fourth-order valence-corrected chi connectivity index (χ4v) is 1.74. The molecule has 0 aromatic rings. The minimum absolute atomic E-state index is 0.726. The van der Waals surface area contributed by atoms with Gasteiger partial charge in [0.05, 0.1) is 0 Å². The van der Waals surface area contributed by atoms with E-state index >= 15 is 0 Å². The zero-order valence-corrected chi connectivity index (χ0v) is 10.1. The van der Waals surface area contributed by atoms with Crippen molar-refractivity contribution < 1.29 is 0 Å². The van der Waals surface area contributed by atoms with E-state index in [4.69, 9.17) is 0 Å². The Morgan fingerprint density at radius 1 is 1.08 bits per heavy atom. The zero-order valence-electron chi connectivity index (χ0n) is 10.1. The molecule has 0 spiro atoms. The van der Waals surface area contributed by atoms with Crippen LogP contribution < -0.4 is 5.32 Å². The SMILES string of the molecule is CCC(C)C(CCCC(C)C)NC. The van der Waals surface area contributed by atoms with Gasteiger partial charge >= 0.3 is 0 Å². The van der Waals surface area contributed by atoms with Gasteiger partial charge in [0.1, 0.15) is 0 Å². The average Bonchev–Trinajstić information content (AvgIpc) is 2.11. The van der Waals surface area contributed by atoms with E-state index in [1.54, 1.807) is 0 Å². The molecule has 1 heteroatoms. The van der Waals surface area contributed by atoms with Crippen molar-refractivity contribution in [2.75, 3.05) is 7.05 Å². The molecule has 0 aromatic heterocycles. The van der Waals surface area contributed by atoms with Crippen molar-refractivity contribution in [3.63, 3.8) is 0 Å². The Balaban J connectivity index is 3.59. The Morgan fingerprint density at radius 3 is 2.08 bits per heavy atom. The van der Waals surface area contributed by atoms with Crippen molar-refractivity contribution in [2.45, 2.75) is 59.4 Å². The third-order valence-corrected chi connectivity index (χ3v) is 3.00. The van der Waals surface area contributed by atoms with Gasteiger partial charge in [0, 0.05) is 6.04 Å². The quantitative estimate of drug-likeness (QED) is 0.640. The van der Waals surface area contributed by atoms with E-state index in [-0.39, 0.29) is 0 Å². The van der Waals surface area contributed by atoms with Gasteiger partial charge in [0.15, 0.2) is 0 Å². The third kappa shape index (κ3) is 6.09. The van der Waals surface area contributed by atoms with Crippen LogP contribution in [0.15, 0.2) is 0 Å². The van der Waals surface area contributed by atoms with Gasteiger partial charge < -0.3 is 5.32 Å². The summed E-state index contributed by atoms with van der Waals surface area (Å²) in [6, 6.07) is 0.726. The molecule has 0 rings (SSSR count). The fourth-order valence-electron chi connectivity index (χ4n) is 1.74. The van der Waals surface area contributed by atoms with E-state index in [9.17, 15) is 0 Å². The van der Waals surface area contributed by atoms with Crippen LogP contribution in [0.4, 0.5) is 0 Å². The van der Waals surface area contributed by atoms with Crippen LogP contribution in [0.3, 0.4) is 0 Å². The van der Waals surface area contributed by atoms with Crippen LogP contribution in [-0.4, -0.2) is 13.1 Å². The Morgan fingerprint density at radius 2 is 1.69 bits per heavy atom. The summed E-state index contributed by atoms with van der Waals surface area (Å²) in [7, 11) is 2.09. The van der Waals surface area contributed by atoms with Crippen LogP contribution in [0.25, 0.3) is 0 Å². The Hall–Kier alpha value is -0.0400. The lowest BCUT2D eigenvalue weighted by Gasteiger charge is -2.22. The van der Waals surface area contributed by atoms with E-state index in [0.717, 1.165) is 17.9 Å². The molecule has 0 aromatic carbocycles. The van der Waals surface area contributed by atoms with Crippen molar-refractivity contribution in [2.24, 2.45) is 11.8 Å². The monoisotopic (exact) mass is 185 g/mol. The third-order valence-electron chi connectivity index (χ3n) is 3.00. The van der Waals surface area contributed by atoms with Crippen LogP contribution in [0, 0.1) is 11.8 Å². The molecular weight excluding hydrogens is 158 g/mol. The van der Waals surface area contributed by atoms with Crippen molar-refractivity contribution >= 4 is 0 Å². The molecule has 80 valence electrons. The summed E-state index contributed by atoms with van der Waals surface area (Å²) in [6.07, 6.45) is 5.36. The first-order valence-corrected chi connectivity index (χ1v) is 5.79. The highest BCUT2D eigenvalue weighted by Gasteiger charge is 2.12. The molecule has 0 fully saturated rings. The maximum Gasteiger partial charge on any atom is 0.00895 e. The van der Waals surface area contributed by atoms with E-state index in [0.29, 0.717) is 0 Å². The molecule has 0 aliphatic heterocycles. The topological polar surface area (TPSA) is 12.0 Å². The number of nitrogens with one attached hydrogen (secondary N) is 1. The van der Waals surface area contributed by atoms with Crippen molar-refractivity contribution in [1.82, 2.24) is 5.32 Å². The van der Waals surface area contributed by atoms with Crippen LogP contribution in [0.5, 0.6) is 0 Å². The summed E-state index contributed by atoms with van der Waals surface area (Å²) in [5.74, 6) is 1.67. The Bertz CT molecular complexity index is 110. The Kier molecular flexibility index (Phi) is 7.35. The lowest BCUT2D eigenvalue weighted by atomic mass is 9.93. The Labute approximate surface area is 84.3 Å². The second-order valence-electron chi connectivity index (χ2n) is 4.61. The second kappa shape index (κ2) is 7.37. The lowest BCUT2D eigenvalue weighted by Crippen LogP contribution is -2.31. The van der Waals surface area contributed by atoms with Crippen molar-refractivity contribution in [3.8, 4) is 0 Å². The van der Waals surface area contributed by atoms with Gasteiger partial charge in [0.25, 0.3) is 0 Å². The van der Waals surface area contributed by atoms with Crippen molar-refractivity contribution in [1.29, 1.82) is 0 Å². The predicted molar refractivity (Wildman–Crippen MR) is 61.0 cm³/mol. The summed E-state index contributed by atoms with van der Waals surface area (Å²) >= 11 is 0. The fraction of sp³-hybridized carbons (Fsp3) is 1.00. The van der Waals surface area contributed by atoms with E-state index < -0.39 is 0 Å². The van der Waals surface area contributed by atoms with Gasteiger partial charge in [-0.1, -0.05) is 47.0 Å². The zero-order chi connectivity index (χ0) is 10.3. The first-order valence-electron chi connectivity index (χ1n) is 5.79. The first kappa shape index (κ1) is 13.0. The molecular formula is C12H27N. The van der Waals surface area contributed by atoms with Gasteiger partial charge in [-0.2, -0.15) is 0 Å². The highest BCUT2D eigenvalue weighted by atomic mass is 14.9. The van der Waals surface area contributed by atoms with Gasteiger partial charge in [-0.3, -0.25) is 0 Å². The van der Waals surface area contributed by atoms with Crippen LogP contribution in [0.1, 0.15) is 53.4 Å². The number of rotatable bonds is 7. The average molecular weight is 185 g/mol. The maximum absolute atomic E-state index is 3.43. The highest BCUT2D eigenvalue weighted by molar-refractivity contribution is 4.70. The molecule has 0 bridgehead atoms. The normalized spacial score (nSPS) is 16.2. The molecule has 0 saturated carbocycles. The van der Waals surface area contributed by atoms with Crippen LogP contribution >= 0.6 is 0 Å². The van der Waals surface area contributed by atoms with E-state index in [2.05, 4.69) is 40.1 Å². The first-order chi connectivity index (χ1) is 6.11. The van der Waals surface area contributed by atoms with Crippen LogP contribution in [-0.2, 0) is 0 Å².